The summed E-state index contributed by atoms with van der Waals surface area (Å²) in [7, 11) is 5.14. The maximum Gasteiger partial charge on any atom is 0.167 e. The molecule has 0 spiro atoms. The molecule has 0 atom stereocenters. The summed E-state index contributed by atoms with van der Waals surface area (Å²) in [5.74, 6) is 0.330. The quantitative estimate of drug-likeness (QED) is 0.621. The van der Waals surface area contributed by atoms with Crippen molar-refractivity contribution in [2.45, 2.75) is 27.2 Å². The van der Waals surface area contributed by atoms with Crippen LogP contribution in [0, 0.1) is 16.7 Å². The lowest BCUT2D eigenvalue weighted by Crippen LogP contribution is -2.23. The van der Waals surface area contributed by atoms with Crippen LogP contribution in [0.5, 0.6) is 5.75 Å². The Morgan fingerprint density at radius 3 is 2.72 bits per heavy atom. The van der Waals surface area contributed by atoms with Gasteiger partial charge in [0.05, 0.1) is 21.4 Å². The van der Waals surface area contributed by atoms with Crippen LogP contribution < -0.4 is 4.74 Å². The molecule has 2 rings (SSSR count). The predicted molar refractivity (Wildman–Crippen MR) is 102 cm³/mol. The van der Waals surface area contributed by atoms with Gasteiger partial charge in [0.1, 0.15) is 23.2 Å². The Labute approximate surface area is 151 Å². The molecule has 1 aliphatic rings. The molecule has 0 radical (unpaired) electrons. The Morgan fingerprint density at radius 1 is 1.44 bits per heavy atom. The Balaban J connectivity index is 2.56. The standard InChI is InChI=1S/C19H25N5O/c1-19(2,3)17-9-13(7-8-21-17)18-16(25-6)10-14(15(11-20)23-18)22-12-24(4)5/h7,10,12H,8-9H2,1-6H3/i10D. The molecule has 132 valence electrons. The van der Waals surface area contributed by atoms with Crippen molar-refractivity contribution < 1.29 is 6.11 Å². The zero-order valence-corrected chi connectivity index (χ0v) is 15.7. The van der Waals surface area contributed by atoms with Gasteiger partial charge in [0, 0.05) is 37.7 Å². The van der Waals surface area contributed by atoms with Crippen molar-refractivity contribution in [2.24, 2.45) is 15.4 Å². The third kappa shape index (κ3) is 4.44. The van der Waals surface area contributed by atoms with Gasteiger partial charge in [0.2, 0.25) is 0 Å². The van der Waals surface area contributed by atoms with E-state index in [1.165, 1.54) is 7.11 Å². The molecule has 0 saturated heterocycles. The number of hydrogen-bond acceptors (Lipinski definition) is 5. The Hall–Kier alpha value is -2.68. The monoisotopic (exact) mass is 340 g/mol. The van der Waals surface area contributed by atoms with Crippen molar-refractivity contribution in [3.63, 3.8) is 0 Å². The molecule has 0 bridgehead atoms. The first-order valence-corrected chi connectivity index (χ1v) is 8.11. The molecule has 0 aromatic carbocycles. The molecule has 2 heterocycles. The fourth-order valence-electron chi connectivity index (χ4n) is 2.41. The number of nitrogens with zero attached hydrogens (tertiary/aromatic N) is 5. The first kappa shape index (κ1) is 17.2. The lowest BCUT2D eigenvalue weighted by atomic mass is 9.84. The molecule has 0 amide bonds. The highest BCUT2D eigenvalue weighted by Crippen LogP contribution is 2.35. The van der Waals surface area contributed by atoms with Gasteiger partial charge in [-0.3, -0.25) is 4.99 Å². The van der Waals surface area contributed by atoms with Gasteiger partial charge >= 0.3 is 0 Å². The van der Waals surface area contributed by atoms with Gasteiger partial charge in [0.15, 0.2) is 5.69 Å². The number of aromatic nitrogens is 1. The molecular weight excluding hydrogens is 314 g/mol. The van der Waals surface area contributed by atoms with E-state index in [1.807, 2.05) is 20.2 Å². The zero-order valence-electron chi connectivity index (χ0n) is 16.7. The molecule has 0 N–H and O–H groups in total. The fourth-order valence-corrected chi connectivity index (χ4v) is 2.41. The highest BCUT2D eigenvalue weighted by atomic mass is 16.5. The lowest BCUT2D eigenvalue weighted by Gasteiger charge is -2.25. The van der Waals surface area contributed by atoms with Crippen molar-refractivity contribution in [3.8, 4) is 11.8 Å². The lowest BCUT2D eigenvalue weighted by molar-refractivity contribution is 0.411. The van der Waals surface area contributed by atoms with E-state index < -0.39 is 0 Å². The molecule has 25 heavy (non-hydrogen) atoms. The van der Waals surface area contributed by atoms with Gasteiger partial charge in [0.25, 0.3) is 0 Å². The molecule has 1 aromatic heterocycles. The molecule has 6 nitrogen and oxygen atoms in total. The van der Waals surface area contributed by atoms with Crippen LogP contribution in [0.25, 0.3) is 5.57 Å². The second-order valence-corrected chi connectivity index (χ2v) is 7.08. The summed E-state index contributed by atoms with van der Waals surface area (Å²) >= 11 is 0. The number of pyridine rings is 1. The third-order valence-corrected chi connectivity index (χ3v) is 3.77. The minimum Gasteiger partial charge on any atom is -0.494 e. The largest absolute Gasteiger partial charge is 0.494 e. The second kappa shape index (κ2) is 7.47. The van der Waals surface area contributed by atoms with E-state index in [9.17, 15) is 5.26 Å². The van der Waals surface area contributed by atoms with Crippen molar-refractivity contribution in [1.29, 1.82) is 5.26 Å². The summed E-state index contributed by atoms with van der Waals surface area (Å²) in [4.78, 5) is 15.0. The highest BCUT2D eigenvalue weighted by Gasteiger charge is 2.25. The molecule has 1 aliphatic heterocycles. The van der Waals surface area contributed by atoms with Crippen molar-refractivity contribution in [2.75, 3.05) is 27.7 Å². The Morgan fingerprint density at radius 2 is 2.16 bits per heavy atom. The predicted octanol–water partition coefficient (Wildman–Crippen LogP) is 3.46. The number of methoxy groups -OCH3 is 1. The number of rotatable bonds is 4. The summed E-state index contributed by atoms with van der Waals surface area (Å²) in [5, 5.41) is 9.51. The number of aliphatic imine (C=N–C) groups is 2. The minimum atomic E-state index is -0.0510. The van der Waals surface area contributed by atoms with Crippen LogP contribution in [0.1, 0.15) is 40.0 Å². The van der Waals surface area contributed by atoms with E-state index in [2.05, 4.69) is 41.8 Å². The van der Waals surface area contributed by atoms with Crippen molar-refractivity contribution >= 4 is 23.3 Å². The van der Waals surface area contributed by atoms with E-state index >= 15 is 0 Å². The van der Waals surface area contributed by atoms with Gasteiger partial charge in [-0.15, -0.1) is 0 Å². The average molecular weight is 340 g/mol. The number of dihydropyridines is 1. The summed E-state index contributed by atoms with van der Waals surface area (Å²) < 4.78 is 13.9. The molecule has 0 saturated carbocycles. The molecule has 0 aliphatic carbocycles. The first-order chi connectivity index (χ1) is 12.2. The summed E-state index contributed by atoms with van der Waals surface area (Å²) in [6.45, 7) is 6.92. The van der Waals surface area contributed by atoms with Crippen LogP contribution in [-0.2, 0) is 0 Å². The van der Waals surface area contributed by atoms with Gasteiger partial charge in [-0.25, -0.2) is 9.98 Å². The zero-order chi connectivity index (χ0) is 19.5. The molecular formula is C19H25N5O. The first-order valence-electron chi connectivity index (χ1n) is 8.61. The maximum absolute atomic E-state index is 9.51. The van der Waals surface area contributed by atoms with Crippen LogP contribution >= 0.6 is 0 Å². The van der Waals surface area contributed by atoms with Crippen LogP contribution in [0.15, 0.2) is 22.1 Å². The van der Waals surface area contributed by atoms with Gasteiger partial charge in [-0.2, -0.15) is 5.26 Å². The third-order valence-electron chi connectivity index (χ3n) is 3.77. The molecule has 0 unspecified atom stereocenters. The highest BCUT2D eigenvalue weighted by molar-refractivity contribution is 5.99. The van der Waals surface area contributed by atoms with Gasteiger partial charge in [-0.1, -0.05) is 26.8 Å². The van der Waals surface area contributed by atoms with E-state index in [1.54, 1.807) is 11.2 Å². The Bertz CT molecular complexity index is 826. The van der Waals surface area contributed by atoms with E-state index in [0.29, 0.717) is 24.4 Å². The smallest absolute Gasteiger partial charge is 0.167 e. The van der Waals surface area contributed by atoms with Crippen molar-refractivity contribution in [1.82, 2.24) is 9.88 Å². The van der Waals surface area contributed by atoms with E-state index in [4.69, 9.17) is 6.11 Å². The fraction of sp³-hybridized carbons (Fsp3) is 0.474. The van der Waals surface area contributed by atoms with Gasteiger partial charge < -0.3 is 9.64 Å². The van der Waals surface area contributed by atoms with Crippen LogP contribution in [0.4, 0.5) is 5.69 Å². The number of nitriles is 1. The molecule has 6 heteroatoms. The average Bonchev–Trinajstić information content (AvgIpc) is 2.59. The van der Waals surface area contributed by atoms with E-state index in [0.717, 1.165) is 11.3 Å². The molecule has 1 aromatic rings. The van der Waals surface area contributed by atoms with Gasteiger partial charge in [-0.05, 0) is 5.57 Å². The number of allylic oxidation sites excluding steroid dienone is 1. The maximum atomic E-state index is 9.51. The normalized spacial score (nSPS) is 15.3. The van der Waals surface area contributed by atoms with Crippen molar-refractivity contribution in [3.05, 3.63) is 23.5 Å². The number of hydrogen-bond donors (Lipinski definition) is 0. The summed E-state index contributed by atoms with van der Waals surface area (Å²) in [6.07, 6.45) is 4.14. The van der Waals surface area contributed by atoms with Crippen LogP contribution in [0.3, 0.4) is 0 Å². The van der Waals surface area contributed by atoms with Crippen LogP contribution in [0.2, 0.25) is 0 Å². The van der Waals surface area contributed by atoms with Crippen LogP contribution in [-0.4, -0.2) is 49.7 Å². The minimum absolute atomic E-state index is 0.0510. The van der Waals surface area contributed by atoms with E-state index in [-0.39, 0.29) is 22.8 Å². The molecule has 0 fully saturated rings. The number of ether oxygens (including phenoxy) is 1. The SMILES string of the molecule is [2H]c1c(N=CN(C)C)c(C#N)nc(C2=CCN=C(C(C)(C)C)C2)c1OC. The summed E-state index contributed by atoms with van der Waals surface area (Å²) in [6, 6.07) is 2.12. The Kier molecular flexibility index (Phi) is 5.13. The second-order valence-electron chi connectivity index (χ2n) is 7.08. The topological polar surface area (TPSA) is 73.9 Å². The summed E-state index contributed by atoms with van der Waals surface area (Å²) in [5.41, 5.74) is 2.79.